The second-order valence-electron chi connectivity index (χ2n) is 3.11. The van der Waals surface area contributed by atoms with Crippen molar-refractivity contribution < 1.29 is 17.1 Å². The molecule has 2 aromatic carbocycles. The van der Waals surface area contributed by atoms with Gasteiger partial charge in [-0.25, -0.2) is 17.2 Å². The SMILES string of the molecule is [Fe].c1cc(-[c-]2[cH-][cH-][cH-][cH-]2)[nH]n1.c1cc[cH-]c1. The molecule has 0 saturated carbocycles. The van der Waals surface area contributed by atoms with E-state index in [4.69, 9.17) is 0 Å². The first-order chi connectivity index (χ1) is 7.47. The molecular formula is C13H12FeN2-6. The number of aromatic nitrogens is 2. The van der Waals surface area contributed by atoms with E-state index in [1.807, 2.05) is 60.7 Å². The number of nitrogens with zero attached hydrogens (tertiary/aromatic N) is 1. The largest absolute Gasteiger partial charge is 0.664 e. The number of aromatic amines is 1. The molecule has 1 aromatic heterocycles. The predicted molar refractivity (Wildman–Crippen MR) is 61.7 cm³/mol. The van der Waals surface area contributed by atoms with Crippen LogP contribution in [-0.4, -0.2) is 10.2 Å². The van der Waals surface area contributed by atoms with E-state index in [0.29, 0.717) is 0 Å². The summed E-state index contributed by atoms with van der Waals surface area (Å²) in [5, 5.41) is 6.74. The van der Waals surface area contributed by atoms with E-state index in [2.05, 4.69) is 10.2 Å². The summed E-state index contributed by atoms with van der Waals surface area (Å²) in [5.41, 5.74) is 2.27. The van der Waals surface area contributed by atoms with Crippen molar-refractivity contribution in [3.8, 4) is 11.3 Å². The van der Waals surface area contributed by atoms with Crippen LogP contribution in [0.15, 0.2) is 66.9 Å². The van der Waals surface area contributed by atoms with Crippen molar-refractivity contribution in [2.75, 3.05) is 0 Å². The number of hydrogen-bond acceptors (Lipinski definition) is 1. The molecule has 16 heavy (non-hydrogen) atoms. The summed E-state index contributed by atoms with van der Waals surface area (Å²) in [6.45, 7) is 0. The Bertz CT molecular complexity index is 389. The maximum Gasteiger partial charge on any atom is 0 e. The zero-order chi connectivity index (χ0) is 10.3. The van der Waals surface area contributed by atoms with Gasteiger partial charge in [0.05, 0.1) is 0 Å². The van der Waals surface area contributed by atoms with E-state index in [0.717, 1.165) is 5.69 Å². The first-order valence-corrected chi connectivity index (χ1v) is 4.85. The topological polar surface area (TPSA) is 28.7 Å². The fourth-order valence-electron chi connectivity index (χ4n) is 1.29. The minimum Gasteiger partial charge on any atom is -0.664 e. The van der Waals surface area contributed by atoms with E-state index in [1.54, 1.807) is 6.20 Å². The molecule has 0 aliphatic carbocycles. The van der Waals surface area contributed by atoms with Gasteiger partial charge in [-0.15, -0.1) is 0 Å². The van der Waals surface area contributed by atoms with Gasteiger partial charge in [0.1, 0.15) is 0 Å². The Labute approximate surface area is 106 Å². The van der Waals surface area contributed by atoms with Gasteiger partial charge < -0.3 is 46.7 Å². The molecule has 0 bridgehead atoms. The Balaban J connectivity index is 0.000000183. The fraction of sp³-hybridized carbons (Fsp3) is 0. The van der Waals surface area contributed by atoms with E-state index in [-0.39, 0.29) is 17.1 Å². The van der Waals surface area contributed by atoms with Gasteiger partial charge in [0.15, 0.2) is 0 Å². The molecule has 1 heterocycles. The van der Waals surface area contributed by atoms with E-state index >= 15 is 0 Å². The standard InChI is InChI=1S/C8H7N2.C5H5.Fe/c1-2-4-7(3-1)8-5-6-9-10-8;1-2-4-5-3-1;/h1-6H,(H,9,10);1-5H;/q-5;-1;. The summed E-state index contributed by atoms with van der Waals surface area (Å²) in [5.74, 6) is 0. The Kier molecular flexibility index (Phi) is 5.34. The molecular weight excluding hydrogens is 240 g/mol. The quantitative estimate of drug-likeness (QED) is 0.523. The van der Waals surface area contributed by atoms with Gasteiger partial charge in [-0.05, 0) is 0 Å². The molecule has 0 aliphatic rings. The maximum atomic E-state index is 3.85. The second kappa shape index (κ2) is 6.83. The van der Waals surface area contributed by atoms with Crippen LogP contribution < -0.4 is 0 Å². The van der Waals surface area contributed by atoms with E-state index < -0.39 is 0 Å². The zero-order valence-electron chi connectivity index (χ0n) is 8.65. The monoisotopic (exact) mass is 252 g/mol. The van der Waals surface area contributed by atoms with Crippen molar-refractivity contribution in [3.05, 3.63) is 66.9 Å². The summed E-state index contributed by atoms with van der Waals surface area (Å²) in [6.07, 6.45) is 1.75. The van der Waals surface area contributed by atoms with E-state index in [1.165, 1.54) is 5.56 Å². The molecule has 3 rings (SSSR count). The molecule has 0 saturated heterocycles. The molecule has 0 radical (unpaired) electrons. The van der Waals surface area contributed by atoms with Crippen molar-refractivity contribution in [1.29, 1.82) is 0 Å². The molecule has 0 unspecified atom stereocenters. The third-order valence-corrected chi connectivity index (χ3v) is 2.03. The van der Waals surface area contributed by atoms with Gasteiger partial charge >= 0.3 is 0 Å². The maximum absolute atomic E-state index is 3.85. The first kappa shape index (κ1) is 12.5. The van der Waals surface area contributed by atoms with Gasteiger partial charge in [-0.1, -0.05) is 6.20 Å². The van der Waals surface area contributed by atoms with Crippen molar-refractivity contribution >= 4 is 0 Å². The molecule has 0 atom stereocenters. The van der Waals surface area contributed by atoms with E-state index in [9.17, 15) is 0 Å². The van der Waals surface area contributed by atoms with Crippen molar-refractivity contribution in [2.24, 2.45) is 0 Å². The molecule has 3 heteroatoms. The number of hydrogen-bond donors (Lipinski definition) is 1. The Morgan fingerprint density at radius 2 is 1.81 bits per heavy atom. The van der Waals surface area contributed by atoms with Crippen LogP contribution in [0.5, 0.6) is 0 Å². The van der Waals surface area contributed by atoms with Crippen LogP contribution in [0, 0.1) is 0 Å². The summed E-state index contributed by atoms with van der Waals surface area (Å²) in [7, 11) is 0. The van der Waals surface area contributed by atoms with Crippen LogP contribution in [-0.2, 0) is 17.1 Å². The van der Waals surface area contributed by atoms with Crippen LogP contribution >= 0.6 is 0 Å². The molecule has 1 N–H and O–H groups in total. The third-order valence-electron chi connectivity index (χ3n) is 2.03. The number of rotatable bonds is 1. The number of H-pyrrole nitrogens is 1. The van der Waals surface area contributed by atoms with Gasteiger partial charge in [0.2, 0.25) is 0 Å². The predicted octanol–water partition coefficient (Wildman–Crippen LogP) is 3.20. The minimum atomic E-state index is 0. The van der Waals surface area contributed by atoms with Crippen molar-refractivity contribution in [2.45, 2.75) is 0 Å². The van der Waals surface area contributed by atoms with Gasteiger partial charge in [0, 0.05) is 17.1 Å². The summed E-state index contributed by atoms with van der Waals surface area (Å²) < 4.78 is 0. The molecule has 3 aromatic rings. The van der Waals surface area contributed by atoms with Crippen molar-refractivity contribution in [3.63, 3.8) is 0 Å². The Hall–Kier alpha value is -1.57. The number of nitrogens with one attached hydrogen (secondary N) is 1. The first-order valence-electron chi connectivity index (χ1n) is 4.85. The van der Waals surface area contributed by atoms with Gasteiger partial charge in [0.25, 0.3) is 0 Å². The average Bonchev–Trinajstić information content (AvgIpc) is 3.06. The zero-order valence-corrected chi connectivity index (χ0v) is 9.76. The summed E-state index contributed by atoms with van der Waals surface area (Å²) >= 11 is 0. The molecule has 2 nitrogen and oxygen atoms in total. The van der Waals surface area contributed by atoms with Gasteiger partial charge in [-0.2, -0.15) is 18.2 Å². The Morgan fingerprint density at radius 3 is 2.25 bits per heavy atom. The smallest absolute Gasteiger partial charge is 0 e. The summed E-state index contributed by atoms with van der Waals surface area (Å²) in [6, 6.07) is 20.1. The normalized spacial score (nSPS) is 8.75. The van der Waals surface area contributed by atoms with Crippen LogP contribution in [0.1, 0.15) is 0 Å². The van der Waals surface area contributed by atoms with Crippen LogP contribution in [0.4, 0.5) is 0 Å². The van der Waals surface area contributed by atoms with Crippen LogP contribution in [0.25, 0.3) is 11.3 Å². The molecule has 0 fully saturated rings. The Morgan fingerprint density at radius 1 is 1.12 bits per heavy atom. The molecule has 0 spiro atoms. The molecule has 88 valence electrons. The summed E-state index contributed by atoms with van der Waals surface area (Å²) in [4.78, 5) is 0. The molecule has 0 aliphatic heterocycles. The molecule has 0 amide bonds. The minimum absolute atomic E-state index is 0. The van der Waals surface area contributed by atoms with Crippen molar-refractivity contribution in [1.82, 2.24) is 10.2 Å². The average molecular weight is 252 g/mol. The van der Waals surface area contributed by atoms with Crippen LogP contribution in [0.3, 0.4) is 0 Å². The fourth-order valence-corrected chi connectivity index (χ4v) is 1.29. The van der Waals surface area contributed by atoms with Crippen LogP contribution in [0.2, 0.25) is 0 Å². The third kappa shape index (κ3) is 3.54. The second-order valence-corrected chi connectivity index (χ2v) is 3.11. The van der Waals surface area contributed by atoms with Gasteiger partial charge in [-0.3, -0.25) is 0 Å².